The van der Waals surface area contributed by atoms with Crippen LogP contribution in [-0.4, -0.2) is 83.9 Å². The first-order valence-corrected chi connectivity index (χ1v) is 17.4. The maximum absolute atomic E-state index is 11.8. The van der Waals surface area contributed by atoms with Gasteiger partial charge in [0.15, 0.2) is 0 Å². The Morgan fingerprint density at radius 1 is 1.07 bits per heavy atom. The molecule has 3 unspecified atom stereocenters. The number of hydrogen-bond acceptors (Lipinski definition) is 9. The normalized spacial score (nSPS) is 27.1. The third-order valence-electron chi connectivity index (χ3n) is 11.3. The first-order valence-electron chi connectivity index (χ1n) is 17.4. The van der Waals surface area contributed by atoms with E-state index in [1.165, 1.54) is 46.5 Å². The van der Waals surface area contributed by atoms with Gasteiger partial charge in [-0.2, -0.15) is 9.97 Å². The van der Waals surface area contributed by atoms with Gasteiger partial charge in [0.05, 0.1) is 17.8 Å². The summed E-state index contributed by atoms with van der Waals surface area (Å²) in [5.41, 5.74) is 4.98. The molecule has 5 aliphatic rings. The Hall–Kier alpha value is -3.69. The predicted octanol–water partition coefficient (Wildman–Crippen LogP) is 4.80. The number of esters is 1. The zero-order valence-corrected chi connectivity index (χ0v) is 27.0. The van der Waals surface area contributed by atoms with Crippen molar-refractivity contribution in [1.82, 2.24) is 20.2 Å². The van der Waals surface area contributed by atoms with Crippen molar-refractivity contribution in [2.24, 2.45) is 0 Å². The van der Waals surface area contributed by atoms with Crippen LogP contribution in [0.1, 0.15) is 62.3 Å². The van der Waals surface area contributed by atoms with Crippen molar-refractivity contribution in [2.75, 3.05) is 49.2 Å². The zero-order valence-electron chi connectivity index (χ0n) is 27.0. The lowest BCUT2D eigenvalue weighted by molar-refractivity contribution is -0.139. The van der Waals surface area contributed by atoms with Crippen LogP contribution in [0.4, 0.5) is 11.5 Å². The molecule has 2 bridgehead atoms. The molecule has 2 aromatic carbocycles. The third kappa shape index (κ3) is 5.31. The van der Waals surface area contributed by atoms with Crippen molar-refractivity contribution in [1.29, 1.82) is 0 Å². The molecule has 9 heteroatoms. The van der Waals surface area contributed by atoms with Crippen LogP contribution in [0.5, 0.6) is 6.01 Å². The molecule has 4 atom stereocenters. The molecule has 0 amide bonds. The SMILES string of the molecule is C=CC(=O)OC[C@H]1CCC2(COc3nc4c(c(N5CC6CCC(C5)N6)n3)CCN(c3cccc5cccc(CC)c35)C4)CCCN12. The second-order valence-electron chi connectivity index (χ2n) is 14.0. The summed E-state index contributed by atoms with van der Waals surface area (Å²) < 4.78 is 12.1. The summed E-state index contributed by atoms with van der Waals surface area (Å²) >= 11 is 0. The summed E-state index contributed by atoms with van der Waals surface area (Å²) in [6, 6.07) is 15.1. The molecule has 0 spiro atoms. The van der Waals surface area contributed by atoms with Gasteiger partial charge in [0.1, 0.15) is 19.0 Å². The number of ether oxygens (including phenoxy) is 2. The lowest BCUT2D eigenvalue weighted by Crippen LogP contribution is -2.52. The number of aryl methyl sites for hydroxylation is 1. The summed E-state index contributed by atoms with van der Waals surface area (Å²) in [4.78, 5) is 29.7. The largest absolute Gasteiger partial charge is 0.461 e. The van der Waals surface area contributed by atoms with E-state index in [0.717, 1.165) is 82.8 Å². The highest BCUT2D eigenvalue weighted by Crippen LogP contribution is 2.43. The molecule has 8 rings (SSSR count). The van der Waals surface area contributed by atoms with E-state index < -0.39 is 0 Å². The first-order chi connectivity index (χ1) is 22.5. The van der Waals surface area contributed by atoms with Gasteiger partial charge < -0.3 is 24.6 Å². The van der Waals surface area contributed by atoms with Crippen LogP contribution < -0.4 is 19.9 Å². The minimum absolute atomic E-state index is 0.0651. The Morgan fingerprint density at radius 2 is 1.89 bits per heavy atom. The van der Waals surface area contributed by atoms with Crippen molar-refractivity contribution in [3.8, 4) is 6.01 Å². The third-order valence-corrected chi connectivity index (χ3v) is 11.3. The lowest BCUT2D eigenvalue weighted by Gasteiger charge is -2.38. The molecular formula is C37H46N6O3. The molecule has 242 valence electrons. The van der Waals surface area contributed by atoms with Crippen molar-refractivity contribution >= 4 is 28.2 Å². The Kier molecular flexibility index (Phi) is 7.85. The second kappa shape index (κ2) is 12.2. The fourth-order valence-corrected chi connectivity index (χ4v) is 9.07. The van der Waals surface area contributed by atoms with Gasteiger partial charge in [-0.1, -0.05) is 43.8 Å². The summed E-state index contributed by atoms with van der Waals surface area (Å²) in [5, 5.41) is 6.44. The predicted molar refractivity (Wildman–Crippen MR) is 181 cm³/mol. The van der Waals surface area contributed by atoms with E-state index in [1.807, 2.05) is 0 Å². The van der Waals surface area contributed by atoms with Crippen molar-refractivity contribution in [2.45, 2.75) is 88.5 Å². The minimum Gasteiger partial charge on any atom is -0.461 e. The average Bonchev–Trinajstić information content (AvgIpc) is 3.77. The number of aromatic nitrogens is 2. The maximum Gasteiger partial charge on any atom is 0.330 e. The van der Waals surface area contributed by atoms with Gasteiger partial charge in [0.25, 0.3) is 0 Å². The highest BCUT2D eigenvalue weighted by atomic mass is 16.5. The van der Waals surface area contributed by atoms with Gasteiger partial charge in [-0.25, -0.2) is 4.79 Å². The molecule has 1 N–H and O–H groups in total. The maximum atomic E-state index is 11.8. The number of piperazine rings is 1. The number of rotatable bonds is 9. The number of nitrogens with one attached hydrogen (secondary N) is 1. The molecule has 3 aromatic rings. The fraction of sp³-hybridized carbons (Fsp3) is 0.541. The molecule has 46 heavy (non-hydrogen) atoms. The summed E-state index contributed by atoms with van der Waals surface area (Å²) in [5.74, 6) is 0.722. The van der Waals surface area contributed by atoms with Gasteiger partial charge in [0, 0.05) is 60.5 Å². The quantitative estimate of drug-likeness (QED) is 0.267. The van der Waals surface area contributed by atoms with E-state index in [1.54, 1.807) is 0 Å². The van der Waals surface area contributed by atoms with Gasteiger partial charge in [-0.3, -0.25) is 4.90 Å². The second-order valence-corrected chi connectivity index (χ2v) is 14.0. The number of anilines is 2. The van der Waals surface area contributed by atoms with Gasteiger partial charge in [-0.15, -0.1) is 0 Å². The standard InChI is InChI=1S/C37H46N6O3/c1-3-25-8-5-9-26-10-6-11-32(34(25)26)41-19-15-30-31(22-41)39-36(40-35(30)42-20-27-12-13-28(21-42)38-27)46-24-37-16-7-18-43(37)29(14-17-37)23-45-33(44)4-2/h4-6,8-11,27-29,38H,2-3,7,12-24H2,1H3/t27?,28?,29-,37?/m1/s1. The summed E-state index contributed by atoms with van der Waals surface area (Å²) in [6.07, 6.45) is 9.84. The molecule has 4 saturated heterocycles. The zero-order chi connectivity index (χ0) is 31.3. The smallest absolute Gasteiger partial charge is 0.330 e. The number of benzene rings is 2. The first kappa shape index (κ1) is 29.7. The number of carbonyl (C=O) groups excluding carboxylic acids is 1. The molecule has 4 fully saturated rings. The monoisotopic (exact) mass is 622 g/mol. The van der Waals surface area contributed by atoms with Gasteiger partial charge in [-0.05, 0) is 74.9 Å². The van der Waals surface area contributed by atoms with E-state index in [4.69, 9.17) is 19.4 Å². The van der Waals surface area contributed by atoms with Crippen LogP contribution in [0.15, 0.2) is 49.1 Å². The Labute approximate surface area is 272 Å². The summed E-state index contributed by atoms with van der Waals surface area (Å²) in [7, 11) is 0. The highest BCUT2D eigenvalue weighted by molar-refractivity contribution is 5.97. The Balaban J connectivity index is 1.09. The van der Waals surface area contributed by atoms with Crippen LogP contribution in [0, 0.1) is 0 Å². The Morgan fingerprint density at radius 3 is 2.70 bits per heavy atom. The van der Waals surface area contributed by atoms with Gasteiger partial charge >= 0.3 is 12.0 Å². The van der Waals surface area contributed by atoms with E-state index >= 15 is 0 Å². The topological polar surface area (TPSA) is 83.1 Å². The number of fused-ring (bicyclic) bond motifs is 5. The molecule has 0 saturated carbocycles. The fourth-order valence-electron chi connectivity index (χ4n) is 9.07. The average molecular weight is 623 g/mol. The molecular weight excluding hydrogens is 576 g/mol. The molecule has 5 aliphatic heterocycles. The van der Waals surface area contributed by atoms with Gasteiger partial charge in [0.2, 0.25) is 0 Å². The molecule has 0 radical (unpaired) electrons. The number of hydrogen-bond donors (Lipinski definition) is 1. The molecule has 9 nitrogen and oxygen atoms in total. The summed E-state index contributed by atoms with van der Waals surface area (Å²) in [6.45, 7) is 11.4. The van der Waals surface area contributed by atoms with Crippen LogP contribution in [0.2, 0.25) is 0 Å². The van der Waals surface area contributed by atoms with E-state index in [-0.39, 0.29) is 17.6 Å². The van der Waals surface area contributed by atoms with Crippen LogP contribution >= 0.6 is 0 Å². The molecule has 6 heterocycles. The number of carbonyl (C=O) groups is 1. The number of nitrogens with zero attached hydrogens (tertiary/aromatic N) is 5. The van der Waals surface area contributed by atoms with Crippen LogP contribution in [0.3, 0.4) is 0 Å². The van der Waals surface area contributed by atoms with Crippen molar-refractivity contribution in [3.05, 3.63) is 65.9 Å². The van der Waals surface area contributed by atoms with E-state index in [9.17, 15) is 4.79 Å². The van der Waals surface area contributed by atoms with Crippen LogP contribution in [0.25, 0.3) is 10.8 Å². The molecule has 1 aromatic heterocycles. The van der Waals surface area contributed by atoms with Crippen molar-refractivity contribution in [3.63, 3.8) is 0 Å². The van der Waals surface area contributed by atoms with E-state index in [2.05, 4.69) is 69.9 Å². The highest BCUT2D eigenvalue weighted by Gasteiger charge is 2.50. The molecule has 0 aliphatic carbocycles. The van der Waals surface area contributed by atoms with Crippen molar-refractivity contribution < 1.29 is 14.3 Å². The van der Waals surface area contributed by atoms with Crippen LogP contribution in [-0.2, 0) is 28.9 Å². The van der Waals surface area contributed by atoms with E-state index in [0.29, 0.717) is 31.3 Å². The minimum atomic E-state index is -0.354. The lowest BCUT2D eigenvalue weighted by atomic mass is 9.95. The Bertz CT molecular complexity index is 1630.